The molecular formula is C19H23ClFN3O2. The third-order valence-electron chi connectivity index (χ3n) is 4.61. The molecule has 2 atom stereocenters. The van der Waals surface area contributed by atoms with Gasteiger partial charge in [0.25, 0.3) is 0 Å². The molecule has 0 spiro atoms. The number of ether oxygens (including phenoxy) is 1. The standard InChI is InChI=1S/C19H23ClFN3O2/c1-14(10-24-12-16(20)9-22-24)19(25)23-8-2-3-15(11-23)13-26-18-6-4-17(21)5-7-18/h4-7,9,12,14-15H,2-3,8,10-11,13H2,1H3. The van der Waals surface area contributed by atoms with Crippen molar-refractivity contribution in [1.29, 1.82) is 0 Å². The number of rotatable bonds is 6. The van der Waals surface area contributed by atoms with E-state index in [1.807, 2.05) is 11.8 Å². The van der Waals surface area contributed by atoms with Crippen molar-refractivity contribution in [3.05, 3.63) is 47.5 Å². The Labute approximate surface area is 157 Å². The summed E-state index contributed by atoms with van der Waals surface area (Å²) in [7, 11) is 0. The smallest absolute Gasteiger partial charge is 0.227 e. The Bertz CT molecular complexity index is 735. The van der Waals surface area contributed by atoms with E-state index >= 15 is 0 Å². The van der Waals surface area contributed by atoms with Crippen LogP contribution in [-0.4, -0.2) is 40.3 Å². The van der Waals surface area contributed by atoms with E-state index in [0.717, 1.165) is 19.4 Å². The second-order valence-corrected chi connectivity index (χ2v) is 7.28. The van der Waals surface area contributed by atoms with Gasteiger partial charge < -0.3 is 9.64 Å². The maximum absolute atomic E-state index is 12.9. The minimum absolute atomic E-state index is 0.128. The quantitative estimate of drug-likeness (QED) is 0.770. The van der Waals surface area contributed by atoms with E-state index in [9.17, 15) is 9.18 Å². The normalized spacial score (nSPS) is 18.6. The minimum Gasteiger partial charge on any atom is -0.493 e. The van der Waals surface area contributed by atoms with Crippen LogP contribution in [0.2, 0.25) is 5.02 Å². The number of benzene rings is 1. The number of carbonyl (C=O) groups excluding carboxylic acids is 1. The molecule has 0 N–H and O–H groups in total. The number of hydrogen-bond acceptors (Lipinski definition) is 3. The predicted octanol–water partition coefficient (Wildman–Crippen LogP) is 3.63. The summed E-state index contributed by atoms with van der Waals surface area (Å²) in [5, 5.41) is 4.70. The molecule has 1 fully saturated rings. The number of halogens is 2. The molecule has 2 heterocycles. The molecule has 7 heteroatoms. The third kappa shape index (κ3) is 4.97. The number of carbonyl (C=O) groups is 1. The molecule has 140 valence electrons. The van der Waals surface area contributed by atoms with Gasteiger partial charge in [0.1, 0.15) is 11.6 Å². The second-order valence-electron chi connectivity index (χ2n) is 6.84. The lowest BCUT2D eigenvalue weighted by Gasteiger charge is -2.34. The fourth-order valence-electron chi connectivity index (χ4n) is 3.25. The molecule has 0 radical (unpaired) electrons. The van der Waals surface area contributed by atoms with Gasteiger partial charge in [-0.05, 0) is 37.1 Å². The van der Waals surface area contributed by atoms with E-state index < -0.39 is 0 Å². The van der Waals surface area contributed by atoms with Crippen LogP contribution in [0.25, 0.3) is 0 Å². The first-order chi connectivity index (χ1) is 12.5. The van der Waals surface area contributed by atoms with Crippen molar-refractivity contribution in [2.45, 2.75) is 26.3 Å². The fraction of sp³-hybridized carbons (Fsp3) is 0.474. The van der Waals surface area contributed by atoms with Gasteiger partial charge >= 0.3 is 0 Å². The van der Waals surface area contributed by atoms with Crippen molar-refractivity contribution in [3.8, 4) is 5.75 Å². The number of likely N-dealkylation sites (tertiary alicyclic amines) is 1. The van der Waals surface area contributed by atoms with Gasteiger partial charge in [0, 0.05) is 25.2 Å². The molecular weight excluding hydrogens is 357 g/mol. The number of aromatic nitrogens is 2. The van der Waals surface area contributed by atoms with Crippen LogP contribution < -0.4 is 4.74 Å². The van der Waals surface area contributed by atoms with Crippen molar-refractivity contribution in [2.24, 2.45) is 11.8 Å². The van der Waals surface area contributed by atoms with E-state index in [0.29, 0.717) is 30.5 Å². The zero-order valence-corrected chi connectivity index (χ0v) is 15.5. The highest BCUT2D eigenvalue weighted by Gasteiger charge is 2.27. The lowest BCUT2D eigenvalue weighted by molar-refractivity contribution is -0.137. The van der Waals surface area contributed by atoms with Crippen LogP contribution in [0.4, 0.5) is 4.39 Å². The topological polar surface area (TPSA) is 47.4 Å². The van der Waals surface area contributed by atoms with Crippen molar-refractivity contribution < 1.29 is 13.9 Å². The average Bonchev–Trinajstić information content (AvgIpc) is 3.05. The predicted molar refractivity (Wildman–Crippen MR) is 97.6 cm³/mol. The molecule has 2 aromatic rings. The van der Waals surface area contributed by atoms with Gasteiger partial charge in [-0.3, -0.25) is 9.48 Å². The summed E-state index contributed by atoms with van der Waals surface area (Å²) in [6.45, 7) is 4.41. The first kappa shape index (κ1) is 18.7. The molecule has 0 aliphatic carbocycles. The van der Waals surface area contributed by atoms with E-state index in [1.54, 1.807) is 29.2 Å². The van der Waals surface area contributed by atoms with E-state index in [4.69, 9.17) is 16.3 Å². The Balaban J connectivity index is 1.50. The highest BCUT2D eigenvalue weighted by Crippen LogP contribution is 2.21. The van der Waals surface area contributed by atoms with Gasteiger partial charge in [-0.2, -0.15) is 5.10 Å². The van der Waals surface area contributed by atoms with Crippen LogP contribution in [-0.2, 0) is 11.3 Å². The molecule has 5 nitrogen and oxygen atoms in total. The molecule has 2 unspecified atom stereocenters. The van der Waals surface area contributed by atoms with Gasteiger partial charge in [0.05, 0.1) is 30.3 Å². The molecule has 1 saturated heterocycles. The van der Waals surface area contributed by atoms with Crippen LogP contribution in [0.5, 0.6) is 5.75 Å². The van der Waals surface area contributed by atoms with Crippen LogP contribution in [0.15, 0.2) is 36.7 Å². The number of nitrogens with zero attached hydrogens (tertiary/aromatic N) is 3. The van der Waals surface area contributed by atoms with Gasteiger partial charge in [-0.25, -0.2) is 4.39 Å². The van der Waals surface area contributed by atoms with Gasteiger partial charge in [0.2, 0.25) is 5.91 Å². The maximum Gasteiger partial charge on any atom is 0.227 e. The molecule has 1 aliphatic heterocycles. The van der Waals surface area contributed by atoms with E-state index in [1.165, 1.54) is 12.1 Å². The molecule has 3 rings (SSSR count). The summed E-state index contributed by atoms with van der Waals surface area (Å²) >= 11 is 5.87. The highest BCUT2D eigenvalue weighted by molar-refractivity contribution is 6.30. The lowest BCUT2D eigenvalue weighted by Crippen LogP contribution is -2.44. The molecule has 1 aromatic heterocycles. The molecule has 0 bridgehead atoms. The molecule has 1 aliphatic rings. The minimum atomic E-state index is -0.278. The molecule has 0 saturated carbocycles. The van der Waals surface area contributed by atoms with Crippen LogP contribution in [0.1, 0.15) is 19.8 Å². The Morgan fingerprint density at radius 2 is 2.19 bits per heavy atom. The van der Waals surface area contributed by atoms with Gasteiger partial charge in [-0.1, -0.05) is 18.5 Å². The summed E-state index contributed by atoms with van der Waals surface area (Å²) in [5.41, 5.74) is 0. The lowest BCUT2D eigenvalue weighted by atomic mass is 9.97. The molecule has 26 heavy (non-hydrogen) atoms. The maximum atomic E-state index is 12.9. The summed E-state index contributed by atoms with van der Waals surface area (Å²) < 4.78 is 20.4. The number of amides is 1. The summed E-state index contributed by atoms with van der Waals surface area (Å²) in [4.78, 5) is 14.7. The van der Waals surface area contributed by atoms with Crippen LogP contribution in [0, 0.1) is 17.7 Å². The zero-order valence-electron chi connectivity index (χ0n) is 14.8. The fourth-order valence-corrected chi connectivity index (χ4v) is 3.41. The zero-order chi connectivity index (χ0) is 18.5. The first-order valence-corrected chi connectivity index (χ1v) is 9.24. The first-order valence-electron chi connectivity index (χ1n) is 8.86. The van der Waals surface area contributed by atoms with Crippen molar-refractivity contribution in [1.82, 2.24) is 14.7 Å². The van der Waals surface area contributed by atoms with Crippen LogP contribution >= 0.6 is 11.6 Å². The largest absolute Gasteiger partial charge is 0.493 e. The number of piperidine rings is 1. The summed E-state index contributed by atoms with van der Waals surface area (Å²) in [6, 6.07) is 6.02. The van der Waals surface area contributed by atoms with E-state index in [2.05, 4.69) is 5.10 Å². The van der Waals surface area contributed by atoms with Crippen molar-refractivity contribution in [2.75, 3.05) is 19.7 Å². The van der Waals surface area contributed by atoms with Crippen LogP contribution in [0.3, 0.4) is 0 Å². The average molecular weight is 380 g/mol. The summed E-state index contributed by atoms with van der Waals surface area (Å²) in [6.07, 6.45) is 5.28. The Morgan fingerprint density at radius 1 is 1.42 bits per heavy atom. The highest BCUT2D eigenvalue weighted by atomic mass is 35.5. The SMILES string of the molecule is CC(Cn1cc(Cl)cn1)C(=O)N1CCCC(COc2ccc(F)cc2)C1. The third-order valence-corrected chi connectivity index (χ3v) is 4.81. The second kappa shape index (κ2) is 8.54. The molecule has 1 aromatic carbocycles. The van der Waals surface area contributed by atoms with E-state index in [-0.39, 0.29) is 23.6 Å². The molecule has 1 amide bonds. The Morgan fingerprint density at radius 3 is 2.88 bits per heavy atom. The van der Waals surface area contributed by atoms with Gasteiger partial charge in [0.15, 0.2) is 0 Å². The van der Waals surface area contributed by atoms with Crippen molar-refractivity contribution >= 4 is 17.5 Å². The summed E-state index contributed by atoms with van der Waals surface area (Å²) in [5.74, 6) is 0.618. The Kier molecular flexibility index (Phi) is 6.14. The van der Waals surface area contributed by atoms with Gasteiger partial charge in [-0.15, -0.1) is 0 Å². The Hall–Kier alpha value is -2.08. The number of hydrogen-bond donors (Lipinski definition) is 0. The monoisotopic (exact) mass is 379 g/mol. The van der Waals surface area contributed by atoms with Crippen molar-refractivity contribution in [3.63, 3.8) is 0 Å².